The lowest BCUT2D eigenvalue weighted by Gasteiger charge is -2.56. The molecule has 3 aliphatic rings. The van der Waals surface area contributed by atoms with Crippen LogP contribution in [0.4, 0.5) is 0 Å². The maximum Gasteiger partial charge on any atom is 0.106 e. The van der Waals surface area contributed by atoms with Crippen molar-refractivity contribution in [2.24, 2.45) is 22.4 Å². The Balaban J connectivity index is 2.16. The van der Waals surface area contributed by atoms with Crippen molar-refractivity contribution >= 4 is 5.71 Å². The van der Waals surface area contributed by atoms with E-state index in [9.17, 15) is 0 Å². The highest BCUT2D eigenvalue weighted by Crippen LogP contribution is 2.57. The van der Waals surface area contributed by atoms with Crippen LogP contribution in [0, 0.1) is 17.3 Å². The molecule has 0 heterocycles. The zero-order valence-corrected chi connectivity index (χ0v) is 8.13. The number of hydrogen-bond donors (Lipinski definition) is 0. The normalized spacial score (nSPS) is 40.8. The van der Waals surface area contributed by atoms with Gasteiger partial charge in [0.1, 0.15) is 7.11 Å². The third kappa shape index (κ3) is 0.900. The van der Waals surface area contributed by atoms with E-state index in [1.165, 1.54) is 18.6 Å². The Hall–Kier alpha value is -0.530. The van der Waals surface area contributed by atoms with Crippen molar-refractivity contribution in [1.29, 1.82) is 0 Å². The van der Waals surface area contributed by atoms with Gasteiger partial charge in [0.2, 0.25) is 0 Å². The molecule has 0 radical (unpaired) electrons. The molecule has 0 aromatic carbocycles. The third-order valence-corrected chi connectivity index (χ3v) is 3.83. The number of hydrogen-bond acceptors (Lipinski definition) is 2. The molecular weight excluding hydrogens is 150 g/mol. The van der Waals surface area contributed by atoms with Crippen molar-refractivity contribution < 1.29 is 4.84 Å². The molecule has 12 heavy (non-hydrogen) atoms. The van der Waals surface area contributed by atoms with Gasteiger partial charge < -0.3 is 4.84 Å². The fourth-order valence-electron chi connectivity index (χ4n) is 2.79. The first-order valence-corrected chi connectivity index (χ1v) is 4.76. The molecule has 2 bridgehead atoms. The van der Waals surface area contributed by atoms with E-state index in [1.807, 2.05) is 0 Å². The summed E-state index contributed by atoms with van der Waals surface area (Å²) in [7, 11) is 1.64. The summed E-state index contributed by atoms with van der Waals surface area (Å²) in [4.78, 5) is 4.86. The SMILES string of the molecule is CON=C1CCC2CC1C2(C)C. The Bertz CT molecular complexity index is 218. The minimum atomic E-state index is 0.496. The molecule has 3 rings (SSSR count). The van der Waals surface area contributed by atoms with Crippen molar-refractivity contribution in [2.45, 2.75) is 33.1 Å². The fraction of sp³-hybridized carbons (Fsp3) is 0.900. The molecule has 3 aliphatic carbocycles. The van der Waals surface area contributed by atoms with E-state index in [0.717, 1.165) is 12.3 Å². The summed E-state index contributed by atoms with van der Waals surface area (Å²) in [6.07, 6.45) is 3.81. The maximum atomic E-state index is 4.86. The summed E-state index contributed by atoms with van der Waals surface area (Å²) in [5, 5.41) is 4.11. The molecule has 3 saturated carbocycles. The van der Waals surface area contributed by atoms with E-state index >= 15 is 0 Å². The van der Waals surface area contributed by atoms with Crippen LogP contribution in [0.25, 0.3) is 0 Å². The number of fused-ring (bicyclic) bond motifs is 2. The minimum absolute atomic E-state index is 0.496. The van der Waals surface area contributed by atoms with Gasteiger partial charge in [-0.3, -0.25) is 0 Å². The van der Waals surface area contributed by atoms with Gasteiger partial charge in [-0.1, -0.05) is 19.0 Å². The van der Waals surface area contributed by atoms with Crippen LogP contribution in [-0.2, 0) is 4.84 Å². The van der Waals surface area contributed by atoms with Gasteiger partial charge in [-0.2, -0.15) is 0 Å². The largest absolute Gasteiger partial charge is 0.399 e. The summed E-state index contributed by atoms with van der Waals surface area (Å²) in [5.41, 5.74) is 1.79. The van der Waals surface area contributed by atoms with Gasteiger partial charge in [0.25, 0.3) is 0 Å². The van der Waals surface area contributed by atoms with Crippen LogP contribution < -0.4 is 0 Å². The van der Waals surface area contributed by atoms with Gasteiger partial charge in [0, 0.05) is 5.92 Å². The smallest absolute Gasteiger partial charge is 0.106 e. The van der Waals surface area contributed by atoms with E-state index in [-0.39, 0.29) is 0 Å². The number of rotatable bonds is 1. The lowest BCUT2D eigenvalue weighted by Crippen LogP contribution is -2.52. The van der Waals surface area contributed by atoms with Crippen molar-refractivity contribution in [3.63, 3.8) is 0 Å². The molecular formula is C10H17NO. The van der Waals surface area contributed by atoms with E-state index in [2.05, 4.69) is 19.0 Å². The van der Waals surface area contributed by atoms with Crippen molar-refractivity contribution in [3.8, 4) is 0 Å². The Morgan fingerprint density at radius 1 is 1.50 bits per heavy atom. The van der Waals surface area contributed by atoms with Crippen LogP contribution in [0.15, 0.2) is 5.16 Å². The predicted molar refractivity (Wildman–Crippen MR) is 49.1 cm³/mol. The molecule has 0 aromatic heterocycles. The highest BCUT2D eigenvalue weighted by Gasteiger charge is 2.53. The summed E-state index contributed by atoms with van der Waals surface area (Å²) in [6, 6.07) is 0. The third-order valence-electron chi connectivity index (χ3n) is 3.83. The average molecular weight is 167 g/mol. The van der Waals surface area contributed by atoms with E-state index in [1.54, 1.807) is 7.11 Å². The van der Waals surface area contributed by atoms with E-state index in [0.29, 0.717) is 11.3 Å². The van der Waals surface area contributed by atoms with Gasteiger partial charge in [-0.25, -0.2) is 0 Å². The minimum Gasteiger partial charge on any atom is -0.399 e. The molecule has 2 unspecified atom stereocenters. The molecule has 0 aromatic rings. The summed E-state index contributed by atoms with van der Waals surface area (Å²) < 4.78 is 0. The van der Waals surface area contributed by atoms with Crippen LogP contribution in [0.2, 0.25) is 0 Å². The maximum absolute atomic E-state index is 4.86. The zero-order chi connectivity index (χ0) is 8.77. The lowest BCUT2D eigenvalue weighted by molar-refractivity contribution is -0.00197. The highest BCUT2D eigenvalue weighted by molar-refractivity contribution is 5.89. The monoisotopic (exact) mass is 167 g/mol. The number of nitrogens with zero attached hydrogens (tertiary/aromatic N) is 1. The van der Waals surface area contributed by atoms with Gasteiger partial charge in [-0.05, 0) is 30.6 Å². The van der Waals surface area contributed by atoms with Crippen molar-refractivity contribution in [3.05, 3.63) is 0 Å². The first kappa shape index (κ1) is 8.09. The second-order valence-electron chi connectivity index (χ2n) is 4.61. The predicted octanol–water partition coefficient (Wildman–Crippen LogP) is 2.44. The molecule has 0 saturated heterocycles. The average Bonchev–Trinajstić information content (AvgIpc) is 2.05. The summed E-state index contributed by atoms with van der Waals surface area (Å²) in [6.45, 7) is 4.71. The summed E-state index contributed by atoms with van der Waals surface area (Å²) in [5.74, 6) is 1.65. The Morgan fingerprint density at radius 3 is 2.75 bits per heavy atom. The molecule has 68 valence electrons. The first-order chi connectivity index (χ1) is 5.66. The Kier molecular flexibility index (Phi) is 1.67. The van der Waals surface area contributed by atoms with Crippen LogP contribution in [0.1, 0.15) is 33.1 Å². The second kappa shape index (κ2) is 2.48. The molecule has 0 spiro atoms. The standard InChI is InChI=1S/C10H17NO/c1-10(2)7-4-5-9(11-12-3)8(10)6-7/h7-8H,4-6H2,1-3H3. The first-order valence-electron chi connectivity index (χ1n) is 4.76. The van der Waals surface area contributed by atoms with Crippen LogP contribution >= 0.6 is 0 Å². The topological polar surface area (TPSA) is 21.6 Å². The Labute approximate surface area is 74.0 Å². The van der Waals surface area contributed by atoms with Crippen LogP contribution in [-0.4, -0.2) is 12.8 Å². The number of oxime groups is 1. The fourth-order valence-corrected chi connectivity index (χ4v) is 2.79. The van der Waals surface area contributed by atoms with Crippen molar-refractivity contribution in [1.82, 2.24) is 0 Å². The van der Waals surface area contributed by atoms with Crippen LogP contribution in [0.5, 0.6) is 0 Å². The van der Waals surface area contributed by atoms with Gasteiger partial charge in [0.05, 0.1) is 5.71 Å². The lowest BCUT2D eigenvalue weighted by atomic mass is 9.48. The van der Waals surface area contributed by atoms with Gasteiger partial charge in [-0.15, -0.1) is 0 Å². The molecule has 3 fully saturated rings. The molecule has 0 N–H and O–H groups in total. The van der Waals surface area contributed by atoms with E-state index in [4.69, 9.17) is 4.84 Å². The van der Waals surface area contributed by atoms with Gasteiger partial charge in [0.15, 0.2) is 0 Å². The molecule has 2 nitrogen and oxygen atoms in total. The molecule has 0 aliphatic heterocycles. The highest BCUT2D eigenvalue weighted by atomic mass is 16.6. The van der Waals surface area contributed by atoms with Gasteiger partial charge >= 0.3 is 0 Å². The van der Waals surface area contributed by atoms with E-state index < -0.39 is 0 Å². The van der Waals surface area contributed by atoms with Crippen molar-refractivity contribution in [2.75, 3.05) is 7.11 Å². The van der Waals surface area contributed by atoms with Crippen LogP contribution in [0.3, 0.4) is 0 Å². The molecule has 2 heteroatoms. The molecule has 2 atom stereocenters. The summed E-state index contributed by atoms with van der Waals surface area (Å²) >= 11 is 0. The second-order valence-corrected chi connectivity index (χ2v) is 4.61. The Morgan fingerprint density at radius 2 is 2.25 bits per heavy atom. The quantitative estimate of drug-likeness (QED) is 0.550. The molecule has 0 amide bonds. The zero-order valence-electron chi connectivity index (χ0n) is 8.13.